The number of imidazole rings is 1. The molecule has 1 N–H and O–H groups in total. The van der Waals surface area contributed by atoms with Crippen molar-refractivity contribution in [1.82, 2.24) is 19.4 Å². The van der Waals surface area contributed by atoms with Crippen LogP contribution in [0.2, 0.25) is 0 Å². The summed E-state index contributed by atoms with van der Waals surface area (Å²) in [7, 11) is 3.63. The zero-order chi connectivity index (χ0) is 14.8. The minimum absolute atomic E-state index is 0.0952. The van der Waals surface area contributed by atoms with Gasteiger partial charge in [-0.25, -0.2) is 9.97 Å². The summed E-state index contributed by atoms with van der Waals surface area (Å²) in [5.74, 6) is 0.640. The Balaban J connectivity index is 1.84. The topological polar surface area (TPSA) is 63.4 Å². The first-order chi connectivity index (χ1) is 10.2. The highest BCUT2D eigenvalue weighted by Gasteiger charge is 2.29. The Labute approximate surface area is 124 Å². The lowest BCUT2D eigenvalue weighted by molar-refractivity contribution is 0.0957. The minimum Gasteiger partial charge on any atom is -0.481 e. The summed E-state index contributed by atoms with van der Waals surface area (Å²) >= 11 is 0. The second-order valence-corrected chi connectivity index (χ2v) is 5.37. The average Bonchev–Trinajstić information content (AvgIpc) is 2.87. The van der Waals surface area contributed by atoms with Crippen molar-refractivity contribution in [2.45, 2.75) is 25.6 Å². The number of hydrogen-bond donors (Lipinski definition) is 1. The molecule has 2 aromatic rings. The molecule has 0 aliphatic carbocycles. The molecule has 1 aliphatic heterocycles. The van der Waals surface area contributed by atoms with Gasteiger partial charge in [0.1, 0.15) is 0 Å². The van der Waals surface area contributed by atoms with Crippen LogP contribution in [0, 0.1) is 0 Å². The van der Waals surface area contributed by atoms with Gasteiger partial charge in [-0.3, -0.25) is 4.90 Å². The number of aliphatic hydroxyl groups is 1. The molecule has 1 atom stereocenters. The van der Waals surface area contributed by atoms with E-state index in [0.29, 0.717) is 12.4 Å². The van der Waals surface area contributed by atoms with Crippen LogP contribution in [0.15, 0.2) is 24.7 Å². The zero-order valence-corrected chi connectivity index (χ0v) is 12.4. The molecule has 0 aromatic carbocycles. The molecule has 112 valence electrons. The minimum atomic E-state index is 0.0952. The predicted octanol–water partition coefficient (Wildman–Crippen LogP) is 0.743. The Morgan fingerprint density at radius 3 is 3.05 bits per heavy atom. The predicted molar refractivity (Wildman–Crippen MR) is 77.8 cm³/mol. The van der Waals surface area contributed by atoms with Crippen LogP contribution in [0.4, 0.5) is 0 Å². The lowest BCUT2D eigenvalue weighted by Gasteiger charge is -2.34. The number of nitrogens with zero attached hydrogens (tertiary/aromatic N) is 4. The van der Waals surface area contributed by atoms with Crippen LogP contribution in [-0.2, 0) is 26.6 Å². The number of aryl methyl sites for hydroxylation is 1. The molecule has 0 fully saturated rings. The maximum absolute atomic E-state index is 9.70. The molecule has 3 rings (SSSR count). The van der Waals surface area contributed by atoms with Gasteiger partial charge in [0.2, 0.25) is 5.88 Å². The van der Waals surface area contributed by atoms with Crippen LogP contribution < -0.4 is 4.74 Å². The van der Waals surface area contributed by atoms with Gasteiger partial charge in [-0.05, 0) is 6.07 Å². The van der Waals surface area contributed by atoms with E-state index in [1.807, 2.05) is 30.1 Å². The van der Waals surface area contributed by atoms with E-state index in [9.17, 15) is 5.11 Å². The molecule has 0 amide bonds. The fourth-order valence-corrected chi connectivity index (χ4v) is 2.88. The van der Waals surface area contributed by atoms with E-state index in [-0.39, 0.29) is 12.6 Å². The van der Waals surface area contributed by atoms with Gasteiger partial charge in [-0.2, -0.15) is 0 Å². The van der Waals surface area contributed by atoms with Gasteiger partial charge in [-0.1, -0.05) is 6.07 Å². The van der Waals surface area contributed by atoms with E-state index in [2.05, 4.69) is 14.9 Å². The number of hydrogen-bond acceptors (Lipinski definition) is 5. The summed E-state index contributed by atoms with van der Waals surface area (Å²) in [4.78, 5) is 10.9. The first-order valence-corrected chi connectivity index (χ1v) is 7.04. The van der Waals surface area contributed by atoms with Gasteiger partial charge in [0.15, 0.2) is 0 Å². The fourth-order valence-electron chi connectivity index (χ4n) is 2.88. The van der Waals surface area contributed by atoms with Gasteiger partial charge in [0.25, 0.3) is 0 Å². The normalized spacial score (nSPS) is 18.5. The van der Waals surface area contributed by atoms with Gasteiger partial charge >= 0.3 is 0 Å². The Hall–Kier alpha value is -1.92. The van der Waals surface area contributed by atoms with Crippen LogP contribution in [0.3, 0.4) is 0 Å². The fraction of sp³-hybridized carbons (Fsp3) is 0.467. The third-order valence-electron chi connectivity index (χ3n) is 4.07. The van der Waals surface area contributed by atoms with Crippen molar-refractivity contribution in [1.29, 1.82) is 0 Å². The number of methoxy groups -OCH3 is 1. The van der Waals surface area contributed by atoms with E-state index in [1.165, 1.54) is 5.69 Å². The SMILES string of the molecule is COc1ncccc1CN1Cc2ncn(C)c2CC1CO. The summed E-state index contributed by atoms with van der Waals surface area (Å²) in [6.07, 6.45) is 4.37. The number of ether oxygens (including phenoxy) is 1. The smallest absolute Gasteiger partial charge is 0.217 e. The van der Waals surface area contributed by atoms with Crippen molar-refractivity contribution in [2.75, 3.05) is 13.7 Å². The first-order valence-electron chi connectivity index (χ1n) is 7.04. The number of aliphatic hydroxyl groups excluding tert-OH is 1. The molecule has 21 heavy (non-hydrogen) atoms. The molecule has 0 spiro atoms. The molecule has 0 radical (unpaired) electrons. The van der Waals surface area contributed by atoms with Gasteiger partial charge in [0.05, 0.1) is 25.7 Å². The summed E-state index contributed by atoms with van der Waals surface area (Å²) in [5, 5.41) is 9.70. The molecule has 1 unspecified atom stereocenters. The quantitative estimate of drug-likeness (QED) is 0.899. The molecular weight excluding hydrogens is 268 g/mol. The highest BCUT2D eigenvalue weighted by molar-refractivity contribution is 5.26. The number of pyridine rings is 1. The Kier molecular flexibility index (Phi) is 3.90. The second kappa shape index (κ2) is 5.83. The standard InChI is InChI=1S/C15H20N4O2/c1-18-10-17-13-8-19(12(9-20)6-14(13)18)7-11-4-3-5-16-15(11)21-2/h3-5,10,12,20H,6-9H2,1-2H3. The maximum atomic E-state index is 9.70. The highest BCUT2D eigenvalue weighted by atomic mass is 16.5. The Morgan fingerprint density at radius 1 is 1.43 bits per heavy atom. The van der Waals surface area contributed by atoms with E-state index >= 15 is 0 Å². The highest BCUT2D eigenvalue weighted by Crippen LogP contribution is 2.25. The van der Waals surface area contributed by atoms with Crippen molar-refractivity contribution >= 4 is 0 Å². The molecule has 0 bridgehead atoms. The van der Waals surface area contributed by atoms with E-state index in [0.717, 1.165) is 24.2 Å². The molecule has 0 saturated carbocycles. The Morgan fingerprint density at radius 2 is 2.29 bits per heavy atom. The number of aromatic nitrogens is 3. The summed E-state index contributed by atoms with van der Waals surface area (Å²) in [6, 6.07) is 4.01. The van der Waals surface area contributed by atoms with E-state index < -0.39 is 0 Å². The maximum Gasteiger partial charge on any atom is 0.217 e. The second-order valence-electron chi connectivity index (χ2n) is 5.37. The molecule has 2 aromatic heterocycles. The average molecular weight is 288 g/mol. The lowest BCUT2D eigenvalue weighted by Crippen LogP contribution is -2.42. The van der Waals surface area contributed by atoms with Crippen LogP contribution in [0.5, 0.6) is 5.88 Å². The van der Waals surface area contributed by atoms with Crippen molar-refractivity contribution < 1.29 is 9.84 Å². The number of rotatable bonds is 4. The van der Waals surface area contributed by atoms with Crippen LogP contribution in [0.1, 0.15) is 17.0 Å². The number of fused-ring (bicyclic) bond motifs is 1. The largest absolute Gasteiger partial charge is 0.481 e. The summed E-state index contributed by atoms with van der Waals surface area (Å²) in [6.45, 7) is 1.56. The van der Waals surface area contributed by atoms with Gasteiger partial charge < -0.3 is 14.4 Å². The molecule has 3 heterocycles. The Bertz CT molecular complexity index is 626. The summed E-state index contributed by atoms with van der Waals surface area (Å²) < 4.78 is 7.35. The summed E-state index contributed by atoms with van der Waals surface area (Å²) in [5.41, 5.74) is 3.33. The third kappa shape index (κ3) is 2.64. The third-order valence-corrected chi connectivity index (χ3v) is 4.07. The first kappa shape index (κ1) is 14.0. The molecule has 6 nitrogen and oxygen atoms in total. The van der Waals surface area contributed by atoms with Crippen LogP contribution in [0.25, 0.3) is 0 Å². The monoisotopic (exact) mass is 288 g/mol. The van der Waals surface area contributed by atoms with E-state index in [4.69, 9.17) is 4.74 Å². The van der Waals surface area contributed by atoms with Crippen molar-refractivity contribution in [3.63, 3.8) is 0 Å². The molecular formula is C15H20N4O2. The molecule has 1 aliphatic rings. The van der Waals surface area contributed by atoms with Crippen molar-refractivity contribution in [2.24, 2.45) is 7.05 Å². The molecule has 0 saturated heterocycles. The van der Waals surface area contributed by atoms with Crippen LogP contribution in [-0.4, -0.2) is 44.3 Å². The van der Waals surface area contributed by atoms with Crippen molar-refractivity contribution in [3.05, 3.63) is 41.6 Å². The molecule has 6 heteroatoms. The van der Waals surface area contributed by atoms with E-state index in [1.54, 1.807) is 13.3 Å². The lowest BCUT2D eigenvalue weighted by atomic mass is 10.0. The van der Waals surface area contributed by atoms with Gasteiger partial charge in [0, 0.05) is 50.1 Å². The van der Waals surface area contributed by atoms with Crippen LogP contribution >= 0.6 is 0 Å². The zero-order valence-electron chi connectivity index (χ0n) is 12.4. The van der Waals surface area contributed by atoms with Crippen molar-refractivity contribution in [3.8, 4) is 5.88 Å². The van der Waals surface area contributed by atoms with Gasteiger partial charge in [-0.15, -0.1) is 0 Å².